The summed E-state index contributed by atoms with van der Waals surface area (Å²) >= 11 is 5.69. The van der Waals surface area contributed by atoms with E-state index in [1.165, 1.54) is 12.1 Å². The minimum Gasteiger partial charge on any atom is -0.461 e. The third-order valence-electron chi connectivity index (χ3n) is 2.64. The number of nitrogens with one attached hydrogen (secondary N) is 1. The highest BCUT2D eigenvalue weighted by Crippen LogP contribution is 2.25. The zero-order chi connectivity index (χ0) is 16.3. The van der Waals surface area contributed by atoms with E-state index in [2.05, 4.69) is 15.4 Å². The van der Waals surface area contributed by atoms with E-state index in [1.54, 1.807) is 6.92 Å². The van der Waals surface area contributed by atoms with Crippen molar-refractivity contribution in [2.45, 2.75) is 6.92 Å². The lowest BCUT2D eigenvalue weighted by Gasteiger charge is -2.03. The summed E-state index contributed by atoms with van der Waals surface area (Å²) in [5, 5.41) is 20.3. The Hall–Kier alpha value is -2.81. The molecule has 1 aromatic carbocycles. The highest BCUT2D eigenvalue weighted by atomic mass is 35.5. The summed E-state index contributed by atoms with van der Waals surface area (Å²) in [5.74, 6) is -1.66. The Kier molecular flexibility index (Phi) is 4.47. The zero-order valence-corrected chi connectivity index (χ0v) is 12.0. The van der Waals surface area contributed by atoms with Gasteiger partial charge in [0.1, 0.15) is 5.56 Å². The fourth-order valence-electron chi connectivity index (χ4n) is 1.71. The Morgan fingerprint density at radius 1 is 1.45 bits per heavy atom. The maximum absolute atomic E-state index is 12.4. The lowest BCUT2D eigenvalue weighted by Crippen LogP contribution is -2.13. The highest BCUT2D eigenvalue weighted by molar-refractivity contribution is 6.31. The Balaban J connectivity index is 2.48. The molecule has 10 heteroatoms. The van der Waals surface area contributed by atoms with Crippen LogP contribution in [-0.2, 0) is 4.74 Å². The van der Waals surface area contributed by atoms with Crippen LogP contribution < -0.4 is 0 Å². The van der Waals surface area contributed by atoms with E-state index in [0.717, 1.165) is 6.07 Å². The van der Waals surface area contributed by atoms with Crippen molar-refractivity contribution in [2.24, 2.45) is 0 Å². The van der Waals surface area contributed by atoms with Gasteiger partial charge in [-0.3, -0.25) is 20.0 Å². The van der Waals surface area contributed by atoms with Crippen molar-refractivity contribution in [3.05, 3.63) is 50.3 Å². The second-order valence-electron chi connectivity index (χ2n) is 4.00. The first-order chi connectivity index (χ1) is 10.5. The van der Waals surface area contributed by atoms with E-state index in [1.807, 2.05) is 0 Å². The number of hydrogen-bond donors (Lipinski definition) is 1. The standard InChI is InChI=1S/C12H9ClN4O5/c1-2-22-12(19)10-9(14-16-15-10)11(18)7-4-3-6(13)5-8(7)17(20)21/h3-5H,2H2,1H3,(H,14,15,16). The third kappa shape index (κ3) is 2.93. The molecule has 0 aliphatic carbocycles. The summed E-state index contributed by atoms with van der Waals surface area (Å²) < 4.78 is 4.75. The Labute approximate surface area is 128 Å². The molecular formula is C12H9ClN4O5. The van der Waals surface area contributed by atoms with E-state index < -0.39 is 22.4 Å². The zero-order valence-electron chi connectivity index (χ0n) is 11.2. The van der Waals surface area contributed by atoms with E-state index in [4.69, 9.17) is 16.3 Å². The van der Waals surface area contributed by atoms with Crippen LogP contribution in [0.2, 0.25) is 5.02 Å². The summed E-state index contributed by atoms with van der Waals surface area (Å²) in [4.78, 5) is 34.4. The number of esters is 1. The van der Waals surface area contributed by atoms with Gasteiger partial charge in [0.25, 0.3) is 5.69 Å². The number of benzene rings is 1. The third-order valence-corrected chi connectivity index (χ3v) is 2.88. The number of hydrogen-bond acceptors (Lipinski definition) is 7. The highest BCUT2D eigenvalue weighted by Gasteiger charge is 2.28. The molecule has 22 heavy (non-hydrogen) atoms. The average Bonchev–Trinajstić information content (AvgIpc) is 2.96. The molecule has 0 saturated carbocycles. The molecule has 0 saturated heterocycles. The van der Waals surface area contributed by atoms with E-state index in [-0.39, 0.29) is 28.6 Å². The molecule has 0 aliphatic rings. The van der Waals surface area contributed by atoms with Gasteiger partial charge in [-0.15, -0.1) is 5.10 Å². The summed E-state index contributed by atoms with van der Waals surface area (Å²) in [6.07, 6.45) is 0. The first-order valence-corrected chi connectivity index (χ1v) is 6.40. The molecule has 1 N–H and O–H groups in total. The fourth-order valence-corrected chi connectivity index (χ4v) is 1.87. The maximum Gasteiger partial charge on any atom is 0.358 e. The van der Waals surface area contributed by atoms with Crippen molar-refractivity contribution in [1.82, 2.24) is 15.4 Å². The van der Waals surface area contributed by atoms with Crippen LogP contribution in [0.1, 0.15) is 33.5 Å². The van der Waals surface area contributed by atoms with Gasteiger partial charge in [0.05, 0.1) is 11.5 Å². The second kappa shape index (κ2) is 6.31. The predicted molar refractivity (Wildman–Crippen MR) is 73.9 cm³/mol. The number of nitrogens with zero attached hydrogens (tertiary/aromatic N) is 3. The number of rotatable bonds is 5. The molecule has 2 rings (SSSR count). The van der Waals surface area contributed by atoms with Crippen molar-refractivity contribution >= 4 is 29.0 Å². The lowest BCUT2D eigenvalue weighted by atomic mass is 10.0. The molecule has 0 aliphatic heterocycles. The monoisotopic (exact) mass is 324 g/mol. The molecule has 0 spiro atoms. The molecule has 1 heterocycles. The average molecular weight is 325 g/mol. The number of nitro groups is 1. The summed E-state index contributed by atoms with van der Waals surface area (Å²) in [6.45, 7) is 1.68. The van der Waals surface area contributed by atoms with Crippen LogP contribution in [0.25, 0.3) is 0 Å². The van der Waals surface area contributed by atoms with Crippen molar-refractivity contribution in [1.29, 1.82) is 0 Å². The van der Waals surface area contributed by atoms with E-state index in [9.17, 15) is 19.7 Å². The van der Waals surface area contributed by atoms with Crippen LogP contribution in [0, 0.1) is 10.1 Å². The SMILES string of the molecule is CCOC(=O)c1[nH]nnc1C(=O)c1ccc(Cl)cc1[N+](=O)[O-]. The number of carbonyl (C=O) groups is 2. The maximum atomic E-state index is 12.4. The number of ether oxygens (including phenoxy) is 1. The fraction of sp³-hybridized carbons (Fsp3) is 0.167. The molecule has 9 nitrogen and oxygen atoms in total. The number of aromatic nitrogens is 3. The molecule has 0 bridgehead atoms. The first kappa shape index (κ1) is 15.6. The van der Waals surface area contributed by atoms with Crippen molar-refractivity contribution in [3.63, 3.8) is 0 Å². The molecule has 1 aromatic heterocycles. The molecular weight excluding hydrogens is 316 g/mol. The quantitative estimate of drug-likeness (QED) is 0.384. The van der Waals surface area contributed by atoms with Crippen LogP contribution in [0.3, 0.4) is 0 Å². The van der Waals surface area contributed by atoms with Crippen LogP contribution >= 0.6 is 11.6 Å². The molecule has 0 atom stereocenters. The molecule has 0 amide bonds. The van der Waals surface area contributed by atoms with Gasteiger partial charge in [0.15, 0.2) is 11.4 Å². The first-order valence-electron chi connectivity index (χ1n) is 6.02. The van der Waals surface area contributed by atoms with Crippen LogP contribution in [0.15, 0.2) is 18.2 Å². The van der Waals surface area contributed by atoms with E-state index >= 15 is 0 Å². The van der Waals surface area contributed by atoms with Gasteiger partial charge in [-0.05, 0) is 19.1 Å². The van der Waals surface area contributed by atoms with Crippen molar-refractivity contribution in [3.8, 4) is 0 Å². The lowest BCUT2D eigenvalue weighted by molar-refractivity contribution is -0.385. The number of aromatic amines is 1. The second-order valence-corrected chi connectivity index (χ2v) is 4.44. The molecule has 0 fully saturated rings. The van der Waals surface area contributed by atoms with Crippen molar-refractivity contribution in [2.75, 3.05) is 6.61 Å². The van der Waals surface area contributed by atoms with Crippen LogP contribution in [0.4, 0.5) is 5.69 Å². The number of H-pyrrole nitrogens is 1. The van der Waals surface area contributed by atoms with Crippen LogP contribution in [0.5, 0.6) is 0 Å². The van der Waals surface area contributed by atoms with Gasteiger partial charge in [-0.2, -0.15) is 0 Å². The summed E-state index contributed by atoms with van der Waals surface area (Å²) in [6, 6.07) is 3.55. The largest absolute Gasteiger partial charge is 0.461 e. The minimum absolute atomic E-state index is 0.0899. The Morgan fingerprint density at radius 2 is 2.18 bits per heavy atom. The normalized spacial score (nSPS) is 10.3. The minimum atomic E-state index is -0.833. The van der Waals surface area contributed by atoms with E-state index in [0.29, 0.717) is 0 Å². The Morgan fingerprint density at radius 3 is 2.82 bits per heavy atom. The van der Waals surface area contributed by atoms with Gasteiger partial charge < -0.3 is 4.74 Å². The topological polar surface area (TPSA) is 128 Å². The summed E-state index contributed by atoms with van der Waals surface area (Å²) in [7, 11) is 0. The molecule has 0 radical (unpaired) electrons. The van der Waals surface area contributed by atoms with Gasteiger partial charge in [0, 0.05) is 11.1 Å². The smallest absolute Gasteiger partial charge is 0.358 e. The van der Waals surface area contributed by atoms with Gasteiger partial charge in [0.2, 0.25) is 5.78 Å². The van der Waals surface area contributed by atoms with Gasteiger partial charge in [-0.1, -0.05) is 16.8 Å². The van der Waals surface area contributed by atoms with Crippen molar-refractivity contribution < 1.29 is 19.2 Å². The summed E-state index contributed by atoms with van der Waals surface area (Å²) in [5.41, 5.74) is -1.37. The van der Waals surface area contributed by atoms with Gasteiger partial charge in [-0.25, -0.2) is 4.79 Å². The number of nitro benzene ring substituents is 1. The molecule has 0 unspecified atom stereocenters. The molecule has 114 valence electrons. The Bertz CT molecular complexity index is 758. The number of halogens is 1. The molecule has 2 aromatic rings. The number of carbonyl (C=O) groups excluding carboxylic acids is 2. The van der Waals surface area contributed by atoms with Crippen LogP contribution in [-0.4, -0.2) is 38.7 Å². The number of ketones is 1. The van der Waals surface area contributed by atoms with Gasteiger partial charge >= 0.3 is 5.97 Å². The predicted octanol–water partition coefficient (Wildman–Crippen LogP) is 1.77.